The molecule has 10 rings (SSSR count). The minimum Gasteiger partial charge on any atom is -0.310 e. The number of para-hydroxylation sites is 4. The molecule has 0 bridgehead atoms. The van der Waals surface area contributed by atoms with E-state index >= 15 is 0 Å². The summed E-state index contributed by atoms with van der Waals surface area (Å²) in [7, 11) is 0. The van der Waals surface area contributed by atoms with E-state index in [2.05, 4.69) is 205 Å². The van der Waals surface area contributed by atoms with Crippen LogP contribution in [0.25, 0.3) is 33.4 Å². The molecule has 8 aromatic rings. The Bertz CT molecular complexity index is 2470. The van der Waals surface area contributed by atoms with Gasteiger partial charge in [-0.15, -0.1) is 0 Å². The molecule has 2 aromatic heterocycles. The van der Waals surface area contributed by atoms with Gasteiger partial charge in [0.25, 0.3) is 0 Å². The second-order valence-electron chi connectivity index (χ2n) is 15.9. The van der Waals surface area contributed by atoms with Crippen molar-refractivity contribution >= 4 is 34.1 Å². The number of anilines is 6. The molecule has 4 nitrogen and oxygen atoms in total. The van der Waals surface area contributed by atoms with Gasteiger partial charge < -0.3 is 9.80 Å². The van der Waals surface area contributed by atoms with Crippen molar-refractivity contribution in [2.45, 2.75) is 38.5 Å². The highest BCUT2D eigenvalue weighted by Gasteiger charge is 2.37. The van der Waals surface area contributed by atoms with Gasteiger partial charge in [-0.3, -0.25) is 9.97 Å². The number of rotatable bonds is 5. The Morgan fingerprint density at radius 1 is 0.339 bits per heavy atom. The zero-order valence-electron chi connectivity index (χ0n) is 32.1. The number of fused-ring (bicyclic) bond motifs is 4. The second kappa shape index (κ2) is 12.9. The standard InChI is InChI=1S/C52H42N4/c1-51(2)43-13-5-9-17-47(43)55(48-18-10-6-14-44(48)51)37-25-21-35(22-26-37)41-33-53-31-29-39(41)40-30-32-54-34-42(40)36-23-27-38(28-24-36)56-49-19-11-7-15-45(49)52(3,4)46-16-8-12-20-50(46)56/h5-34H,1-4H3. The molecular formula is C52H42N4. The first kappa shape index (κ1) is 33.8. The van der Waals surface area contributed by atoms with E-state index < -0.39 is 0 Å². The molecule has 2 aliphatic rings. The third-order valence-corrected chi connectivity index (χ3v) is 12.1. The van der Waals surface area contributed by atoms with E-state index in [9.17, 15) is 0 Å². The molecule has 6 aromatic carbocycles. The summed E-state index contributed by atoms with van der Waals surface area (Å²) in [5, 5.41) is 0. The van der Waals surface area contributed by atoms with Crippen LogP contribution in [0.3, 0.4) is 0 Å². The van der Waals surface area contributed by atoms with E-state index in [-0.39, 0.29) is 10.8 Å². The van der Waals surface area contributed by atoms with Gasteiger partial charge >= 0.3 is 0 Å². The summed E-state index contributed by atoms with van der Waals surface area (Å²) in [4.78, 5) is 14.0. The van der Waals surface area contributed by atoms with Crippen LogP contribution in [0.2, 0.25) is 0 Å². The molecule has 0 N–H and O–H groups in total. The van der Waals surface area contributed by atoms with Crippen LogP contribution in [0.1, 0.15) is 49.9 Å². The highest BCUT2D eigenvalue weighted by atomic mass is 15.2. The average Bonchev–Trinajstić information content (AvgIpc) is 3.25. The summed E-state index contributed by atoms with van der Waals surface area (Å²) in [6, 6.07) is 57.3. The maximum atomic E-state index is 4.62. The fourth-order valence-electron chi connectivity index (χ4n) is 9.19. The quantitative estimate of drug-likeness (QED) is 0.177. The molecule has 2 aliphatic heterocycles. The van der Waals surface area contributed by atoms with Crippen molar-refractivity contribution in [3.05, 3.63) is 205 Å². The fourth-order valence-corrected chi connectivity index (χ4v) is 9.19. The van der Waals surface area contributed by atoms with Crippen LogP contribution in [0.15, 0.2) is 183 Å². The Morgan fingerprint density at radius 3 is 0.964 bits per heavy atom. The summed E-state index contributed by atoms with van der Waals surface area (Å²) in [6.45, 7) is 9.29. The molecule has 56 heavy (non-hydrogen) atoms. The number of benzene rings is 6. The number of pyridine rings is 2. The van der Waals surface area contributed by atoms with E-state index in [1.165, 1.54) is 45.0 Å². The Hall–Kier alpha value is -6.78. The minimum atomic E-state index is -0.0988. The average molecular weight is 723 g/mol. The van der Waals surface area contributed by atoms with Crippen molar-refractivity contribution in [1.29, 1.82) is 0 Å². The van der Waals surface area contributed by atoms with E-state index in [0.29, 0.717) is 0 Å². The largest absolute Gasteiger partial charge is 0.310 e. The van der Waals surface area contributed by atoms with Crippen LogP contribution in [-0.4, -0.2) is 9.97 Å². The number of hydrogen-bond acceptors (Lipinski definition) is 4. The van der Waals surface area contributed by atoms with E-state index in [0.717, 1.165) is 44.8 Å². The van der Waals surface area contributed by atoms with Gasteiger partial charge in [-0.2, -0.15) is 0 Å². The summed E-state index contributed by atoms with van der Waals surface area (Å²) >= 11 is 0. The summed E-state index contributed by atoms with van der Waals surface area (Å²) in [5.41, 5.74) is 18.8. The molecular weight excluding hydrogens is 681 g/mol. The van der Waals surface area contributed by atoms with Crippen LogP contribution in [0, 0.1) is 0 Å². The van der Waals surface area contributed by atoms with E-state index in [4.69, 9.17) is 0 Å². The maximum Gasteiger partial charge on any atom is 0.0502 e. The highest BCUT2D eigenvalue weighted by molar-refractivity contribution is 5.93. The van der Waals surface area contributed by atoms with Gasteiger partial charge in [-0.25, -0.2) is 0 Å². The van der Waals surface area contributed by atoms with Crippen LogP contribution in [-0.2, 0) is 10.8 Å². The van der Waals surface area contributed by atoms with Gasteiger partial charge in [0, 0.05) is 58.1 Å². The maximum absolute atomic E-state index is 4.62. The molecule has 0 saturated carbocycles. The van der Waals surface area contributed by atoms with Gasteiger partial charge in [-0.1, -0.05) is 125 Å². The first-order valence-corrected chi connectivity index (χ1v) is 19.4. The Kier molecular flexibility index (Phi) is 7.79. The highest BCUT2D eigenvalue weighted by Crippen LogP contribution is 2.53. The molecule has 0 radical (unpaired) electrons. The lowest BCUT2D eigenvalue weighted by molar-refractivity contribution is 0.632. The van der Waals surface area contributed by atoms with Gasteiger partial charge in [0.2, 0.25) is 0 Å². The predicted octanol–water partition coefficient (Wildman–Crippen LogP) is 13.7. The first-order chi connectivity index (χ1) is 27.3. The number of hydrogen-bond donors (Lipinski definition) is 0. The Labute approximate surface area is 329 Å². The van der Waals surface area contributed by atoms with Crippen LogP contribution < -0.4 is 9.80 Å². The zero-order chi connectivity index (χ0) is 38.0. The summed E-state index contributed by atoms with van der Waals surface area (Å²) in [6.07, 6.45) is 7.74. The van der Waals surface area contributed by atoms with Crippen LogP contribution >= 0.6 is 0 Å². The van der Waals surface area contributed by atoms with Crippen molar-refractivity contribution in [2.24, 2.45) is 0 Å². The second-order valence-corrected chi connectivity index (χ2v) is 15.9. The normalized spacial score (nSPS) is 14.6. The van der Waals surface area contributed by atoms with Gasteiger partial charge in [0.15, 0.2) is 0 Å². The monoisotopic (exact) mass is 722 g/mol. The van der Waals surface area contributed by atoms with Gasteiger partial charge in [0.05, 0.1) is 22.7 Å². The molecule has 0 amide bonds. The molecule has 0 spiro atoms. The minimum absolute atomic E-state index is 0.0988. The number of nitrogens with zero attached hydrogens (tertiary/aromatic N) is 4. The third kappa shape index (κ3) is 5.20. The summed E-state index contributed by atoms with van der Waals surface area (Å²) < 4.78 is 0. The molecule has 4 heteroatoms. The van der Waals surface area contributed by atoms with Crippen molar-refractivity contribution in [1.82, 2.24) is 9.97 Å². The molecule has 0 fully saturated rings. The van der Waals surface area contributed by atoms with Crippen molar-refractivity contribution in [3.8, 4) is 33.4 Å². The van der Waals surface area contributed by atoms with E-state index in [1.54, 1.807) is 0 Å². The first-order valence-electron chi connectivity index (χ1n) is 19.4. The van der Waals surface area contributed by atoms with Gasteiger partial charge in [0.1, 0.15) is 0 Å². The smallest absolute Gasteiger partial charge is 0.0502 e. The molecule has 0 unspecified atom stereocenters. The predicted molar refractivity (Wildman–Crippen MR) is 232 cm³/mol. The van der Waals surface area contributed by atoms with Gasteiger partial charge in [-0.05, 0) is 105 Å². The Balaban J connectivity index is 1.01. The van der Waals surface area contributed by atoms with Crippen LogP contribution in [0.4, 0.5) is 34.1 Å². The molecule has 0 atom stereocenters. The zero-order valence-corrected chi connectivity index (χ0v) is 32.1. The molecule has 0 saturated heterocycles. The third-order valence-electron chi connectivity index (χ3n) is 12.1. The van der Waals surface area contributed by atoms with Crippen molar-refractivity contribution < 1.29 is 0 Å². The van der Waals surface area contributed by atoms with E-state index in [1.807, 2.05) is 24.8 Å². The van der Waals surface area contributed by atoms with Crippen molar-refractivity contribution in [2.75, 3.05) is 9.80 Å². The van der Waals surface area contributed by atoms with Crippen LogP contribution in [0.5, 0.6) is 0 Å². The molecule has 270 valence electrons. The fraction of sp³-hybridized carbons (Fsp3) is 0.115. The lowest BCUT2D eigenvalue weighted by atomic mass is 9.73. The summed E-state index contributed by atoms with van der Waals surface area (Å²) in [5.74, 6) is 0. The number of aromatic nitrogens is 2. The lowest BCUT2D eigenvalue weighted by Gasteiger charge is -2.42. The topological polar surface area (TPSA) is 32.3 Å². The molecule has 4 heterocycles. The SMILES string of the molecule is CC1(C)c2ccccc2N(c2ccc(-c3cnccc3-c3ccncc3-c3ccc(N4c5ccccc5C(C)(C)c5ccccc54)cc3)cc2)c2ccccc21. The van der Waals surface area contributed by atoms with Crippen molar-refractivity contribution in [3.63, 3.8) is 0 Å². The molecule has 0 aliphatic carbocycles. The Morgan fingerprint density at radius 2 is 0.643 bits per heavy atom. The lowest BCUT2D eigenvalue weighted by Crippen LogP contribution is -2.30.